The maximum absolute atomic E-state index is 13.6. The topological polar surface area (TPSA) is 60.2 Å². The standard InChI is InChI=1S/C22H16ClF2N3O2/c1-29-17-7-3-6-16(12-17)26-20(18-9-8-15(25)11-19(18)23)22-28-27-21(30-22)13-4-2-5-14(24)10-13/h2-12,20,26H,1H3/t20-/m1/s1. The highest BCUT2D eigenvalue weighted by Crippen LogP contribution is 2.33. The number of aromatic nitrogens is 2. The lowest BCUT2D eigenvalue weighted by atomic mass is 10.1. The number of ether oxygens (including phenoxy) is 1. The summed E-state index contributed by atoms with van der Waals surface area (Å²) in [5.41, 5.74) is 1.68. The molecule has 0 spiro atoms. The number of nitrogens with zero attached hydrogens (tertiary/aromatic N) is 2. The molecule has 4 rings (SSSR count). The van der Waals surface area contributed by atoms with Crippen molar-refractivity contribution in [2.45, 2.75) is 6.04 Å². The van der Waals surface area contributed by atoms with Crippen molar-refractivity contribution >= 4 is 17.3 Å². The summed E-state index contributed by atoms with van der Waals surface area (Å²) in [7, 11) is 1.57. The Labute approximate surface area is 176 Å². The van der Waals surface area contributed by atoms with Crippen LogP contribution in [0.4, 0.5) is 14.5 Å². The third-order valence-corrected chi connectivity index (χ3v) is 4.74. The molecule has 1 atom stereocenters. The Morgan fingerprint density at radius 2 is 1.77 bits per heavy atom. The van der Waals surface area contributed by atoms with Gasteiger partial charge in [-0.15, -0.1) is 10.2 Å². The van der Waals surface area contributed by atoms with E-state index in [4.69, 9.17) is 20.8 Å². The smallest absolute Gasteiger partial charge is 0.247 e. The molecule has 0 aliphatic carbocycles. The maximum Gasteiger partial charge on any atom is 0.247 e. The van der Waals surface area contributed by atoms with Crippen molar-refractivity contribution in [2.75, 3.05) is 12.4 Å². The van der Waals surface area contributed by atoms with Gasteiger partial charge in [0.1, 0.15) is 23.4 Å². The molecule has 5 nitrogen and oxygen atoms in total. The van der Waals surface area contributed by atoms with Crippen LogP contribution in [0.1, 0.15) is 17.5 Å². The molecule has 4 aromatic rings. The fraction of sp³-hybridized carbons (Fsp3) is 0.0909. The van der Waals surface area contributed by atoms with Crippen LogP contribution in [-0.2, 0) is 0 Å². The van der Waals surface area contributed by atoms with E-state index in [0.717, 1.165) is 0 Å². The van der Waals surface area contributed by atoms with Gasteiger partial charge >= 0.3 is 0 Å². The minimum absolute atomic E-state index is 0.153. The summed E-state index contributed by atoms with van der Waals surface area (Å²) in [6, 6.07) is 16.4. The fourth-order valence-corrected chi connectivity index (χ4v) is 3.25. The zero-order chi connectivity index (χ0) is 21.1. The lowest BCUT2D eigenvalue weighted by Crippen LogP contribution is -2.13. The monoisotopic (exact) mass is 427 g/mol. The van der Waals surface area contributed by atoms with Crippen molar-refractivity contribution in [3.63, 3.8) is 0 Å². The number of hydrogen-bond donors (Lipinski definition) is 1. The van der Waals surface area contributed by atoms with E-state index in [1.807, 2.05) is 12.1 Å². The Kier molecular flexibility index (Phi) is 5.63. The Morgan fingerprint density at radius 3 is 2.53 bits per heavy atom. The van der Waals surface area contributed by atoms with Gasteiger partial charge in [0.2, 0.25) is 11.8 Å². The third-order valence-electron chi connectivity index (χ3n) is 4.41. The van der Waals surface area contributed by atoms with Crippen molar-refractivity contribution in [3.05, 3.63) is 94.8 Å². The highest BCUT2D eigenvalue weighted by molar-refractivity contribution is 6.31. The van der Waals surface area contributed by atoms with Crippen LogP contribution in [0.3, 0.4) is 0 Å². The predicted molar refractivity (Wildman–Crippen MR) is 110 cm³/mol. The highest BCUT2D eigenvalue weighted by Gasteiger charge is 2.24. The Hall–Kier alpha value is -3.45. The molecule has 1 heterocycles. The van der Waals surface area contributed by atoms with E-state index in [9.17, 15) is 8.78 Å². The Balaban J connectivity index is 1.75. The van der Waals surface area contributed by atoms with E-state index in [0.29, 0.717) is 22.6 Å². The lowest BCUT2D eigenvalue weighted by molar-refractivity contribution is 0.415. The van der Waals surface area contributed by atoms with Gasteiger partial charge in [0, 0.05) is 27.9 Å². The van der Waals surface area contributed by atoms with E-state index >= 15 is 0 Å². The van der Waals surface area contributed by atoms with Gasteiger partial charge in [0.15, 0.2) is 0 Å². The number of nitrogens with one attached hydrogen (secondary N) is 1. The Morgan fingerprint density at radius 1 is 0.967 bits per heavy atom. The zero-order valence-corrected chi connectivity index (χ0v) is 16.5. The van der Waals surface area contributed by atoms with E-state index in [1.54, 1.807) is 37.4 Å². The van der Waals surface area contributed by atoms with E-state index < -0.39 is 17.7 Å². The van der Waals surface area contributed by atoms with Gasteiger partial charge in [-0.05, 0) is 42.5 Å². The van der Waals surface area contributed by atoms with Crippen LogP contribution >= 0.6 is 11.6 Å². The highest BCUT2D eigenvalue weighted by atomic mass is 35.5. The molecule has 0 amide bonds. The molecule has 0 radical (unpaired) electrons. The first kappa shape index (κ1) is 19.8. The molecule has 1 N–H and O–H groups in total. The summed E-state index contributed by atoms with van der Waals surface area (Å²) < 4.78 is 38.2. The molecule has 0 saturated carbocycles. The molecular formula is C22H16ClF2N3O2. The molecule has 0 bridgehead atoms. The third kappa shape index (κ3) is 4.26. The van der Waals surface area contributed by atoms with Gasteiger partial charge in [-0.25, -0.2) is 8.78 Å². The average molecular weight is 428 g/mol. The molecule has 0 aliphatic heterocycles. The summed E-state index contributed by atoms with van der Waals surface area (Å²) >= 11 is 6.30. The van der Waals surface area contributed by atoms with E-state index in [-0.39, 0.29) is 16.8 Å². The van der Waals surface area contributed by atoms with Crippen molar-refractivity contribution in [2.24, 2.45) is 0 Å². The number of hydrogen-bond acceptors (Lipinski definition) is 5. The Bertz CT molecular complexity index is 1180. The molecule has 152 valence electrons. The second kappa shape index (κ2) is 8.51. The second-order valence-corrected chi connectivity index (χ2v) is 6.84. The first-order chi connectivity index (χ1) is 14.5. The summed E-state index contributed by atoms with van der Waals surface area (Å²) in [5.74, 6) is 0.107. The van der Waals surface area contributed by atoms with Gasteiger partial charge in [0.25, 0.3) is 0 Å². The summed E-state index contributed by atoms with van der Waals surface area (Å²) in [4.78, 5) is 0. The minimum atomic E-state index is -0.681. The summed E-state index contributed by atoms with van der Waals surface area (Å²) in [5, 5.41) is 11.6. The number of benzene rings is 3. The predicted octanol–water partition coefficient (Wildman–Crippen LogP) is 5.88. The molecule has 0 fully saturated rings. The van der Waals surface area contributed by atoms with Crippen molar-refractivity contribution in [1.29, 1.82) is 0 Å². The van der Waals surface area contributed by atoms with Crippen LogP contribution in [0, 0.1) is 11.6 Å². The molecule has 3 aromatic carbocycles. The van der Waals surface area contributed by atoms with Crippen LogP contribution in [0.25, 0.3) is 11.5 Å². The molecule has 0 aliphatic rings. The largest absolute Gasteiger partial charge is 0.497 e. The normalized spacial score (nSPS) is 11.9. The van der Waals surface area contributed by atoms with Crippen LogP contribution in [0.5, 0.6) is 5.75 Å². The summed E-state index contributed by atoms with van der Waals surface area (Å²) in [6.07, 6.45) is 0. The van der Waals surface area contributed by atoms with E-state index in [2.05, 4.69) is 15.5 Å². The summed E-state index contributed by atoms with van der Waals surface area (Å²) in [6.45, 7) is 0. The number of methoxy groups -OCH3 is 1. The number of halogens is 3. The molecule has 30 heavy (non-hydrogen) atoms. The average Bonchev–Trinajstić information content (AvgIpc) is 3.23. The van der Waals surface area contributed by atoms with Gasteiger partial charge in [-0.3, -0.25) is 0 Å². The molecule has 8 heteroatoms. The zero-order valence-electron chi connectivity index (χ0n) is 15.8. The first-order valence-electron chi connectivity index (χ1n) is 8.98. The number of rotatable bonds is 6. The fourth-order valence-electron chi connectivity index (χ4n) is 2.98. The van der Waals surface area contributed by atoms with Crippen LogP contribution in [0.2, 0.25) is 5.02 Å². The SMILES string of the molecule is COc1cccc(N[C@@H](c2nnc(-c3cccc(F)c3)o2)c2ccc(F)cc2Cl)c1. The van der Waals surface area contributed by atoms with Gasteiger partial charge in [-0.2, -0.15) is 0 Å². The van der Waals surface area contributed by atoms with Crippen LogP contribution in [0.15, 0.2) is 71.1 Å². The van der Waals surface area contributed by atoms with Crippen LogP contribution in [-0.4, -0.2) is 17.3 Å². The van der Waals surface area contributed by atoms with Crippen molar-refractivity contribution in [1.82, 2.24) is 10.2 Å². The van der Waals surface area contributed by atoms with Crippen LogP contribution < -0.4 is 10.1 Å². The van der Waals surface area contributed by atoms with E-state index in [1.165, 1.54) is 24.3 Å². The minimum Gasteiger partial charge on any atom is -0.497 e. The second-order valence-electron chi connectivity index (χ2n) is 6.43. The van der Waals surface area contributed by atoms with Crippen molar-refractivity contribution < 1.29 is 17.9 Å². The maximum atomic E-state index is 13.6. The molecule has 1 aromatic heterocycles. The van der Waals surface area contributed by atoms with Crippen molar-refractivity contribution in [3.8, 4) is 17.2 Å². The molecule has 0 unspecified atom stereocenters. The number of anilines is 1. The first-order valence-corrected chi connectivity index (χ1v) is 9.36. The van der Waals surface area contributed by atoms with Gasteiger partial charge < -0.3 is 14.5 Å². The lowest BCUT2D eigenvalue weighted by Gasteiger charge is -2.18. The molecular weight excluding hydrogens is 412 g/mol. The molecule has 0 saturated heterocycles. The van der Waals surface area contributed by atoms with Gasteiger partial charge in [0.05, 0.1) is 7.11 Å². The van der Waals surface area contributed by atoms with Gasteiger partial charge in [-0.1, -0.05) is 29.8 Å². The quantitative estimate of drug-likeness (QED) is 0.416.